The highest BCUT2D eigenvalue weighted by Crippen LogP contribution is 1.99. The van der Waals surface area contributed by atoms with E-state index in [1.54, 1.807) is 0 Å². The Labute approximate surface area is 92.4 Å². The standard InChI is InChI=1S/C13H20N2/c1-3-4-10-14-12(2)15-11-13-8-6-5-7-9-13/h5-9H,3-4,10-11H2,1-2H3,(H,14,15). The van der Waals surface area contributed by atoms with Crippen LogP contribution in [-0.4, -0.2) is 12.4 Å². The molecular formula is C13H20N2. The minimum Gasteiger partial charge on any atom is -0.374 e. The molecule has 0 aliphatic rings. The fourth-order valence-corrected chi connectivity index (χ4v) is 1.30. The Morgan fingerprint density at radius 1 is 1.27 bits per heavy atom. The summed E-state index contributed by atoms with van der Waals surface area (Å²) in [5.41, 5.74) is 1.26. The second-order valence-corrected chi connectivity index (χ2v) is 3.67. The van der Waals surface area contributed by atoms with E-state index in [1.165, 1.54) is 18.4 Å². The van der Waals surface area contributed by atoms with E-state index in [-0.39, 0.29) is 0 Å². The van der Waals surface area contributed by atoms with Gasteiger partial charge in [-0.3, -0.25) is 4.99 Å². The van der Waals surface area contributed by atoms with Crippen LogP contribution in [0.15, 0.2) is 35.3 Å². The number of hydrogen-bond acceptors (Lipinski definition) is 1. The van der Waals surface area contributed by atoms with Gasteiger partial charge in [0.05, 0.1) is 12.4 Å². The summed E-state index contributed by atoms with van der Waals surface area (Å²) in [7, 11) is 0. The third kappa shape index (κ3) is 5.21. The molecule has 1 rings (SSSR count). The molecule has 1 aromatic carbocycles. The van der Waals surface area contributed by atoms with E-state index >= 15 is 0 Å². The predicted octanol–water partition coefficient (Wildman–Crippen LogP) is 2.99. The van der Waals surface area contributed by atoms with E-state index in [0.717, 1.165) is 18.9 Å². The van der Waals surface area contributed by atoms with Gasteiger partial charge < -0.3 is 5.32 Å². The molecular weight excluding hydrogens is 184 g/mol. The van der Waals surface area contributed by atoms with Gasteiger partial charge in [0.15, 0.2) is 0 Å². The Morgan fingerprint density at radius 2 is 2.00 bits per heavy atom. The SMILES string of the molecule is CCCCNC(C)=NCc1ccccc1. The van der Waals surface area contributed by atoms with Gasteiger partial charge in [-0.25, -0.2) is 0 Å². The molecule has 0 aliphatic carbocycles. The average molecular weight is 204 g/mol. The highest BCUT2D eigenvalue weighted by Gasteiger charge is 1.91. The topological polar surface area (TPSA) is 24.4 Å². The molecule has 2 heteroatoms. The van der Waals surface area contributed by atoms with Crippen molar-refractivity contribution in [1.82, 2.24) is 5.32 Å². The van der Waals surface area contributed by atoms with Crippen LogP contribution >= 0.6 is 0 Å². The first-order valence-electron chi connectivity index (χ1n) is 5.61. The summed E-state index contributed by atoms with van der Waals surface area (Å²) in [4.78, 5) is 4.47. The molecule has 1 N–H and O–H groups in total. The van der Waals surface area contributed by atoms with E-state index < -0.39 is 0 Å². The van der Waals surface area contributed by atoms with Gasteiger partial charge in [0.1, 0.15) is 0 Å². The van der Waals surface area contributed by atoms with Crippen molar-refractivity contribution in [2.75, 3.05) is 6.54 Å². The molecule has 0 fully saturated rings. The normalized spacial score (nSPS) is 11.5. The Balaban J connectivity index is 2.31. The lowest BCUT2D eigenvalue weighted by molar-refractivity contribution is 0.750. The fourth-order valence-electron chi connectivity index (χ4n) is 1.30. The molecule has 1 aromatic rings. The Morgan fingerprint density at radius 3 is 2.67 bits per heavy atom. The number of amidine groups is 1. The third-order valence-electron chi connectivity index (χ3n) is 2.25. The molecule has 0 saturated heterocycles. The molecule has 0 spiro atoms. The molecule has 0 amide bonds. The van der Waals surface area contributed by atoms with Crippen LogP contribution in [0.1, 0.15) is 32.3 Å². The number of benzene rings is 1. The lowest BCUT2D eigenvalue weighted by Crippen LogP contribution is -2.21. The number of unbranched alkanes of at least 4 members (excludes halogenated alkanes) is 1. The molecule has 0 heterocycles. The van der Waals surface area contributed by atoms with Crippen LogP contribution in [0.25, 0.3) is 0 Å². The molecule has 15 heavy (non-hydrogen) atoms. The number of hydrogen-bond donors (Lipinski definition) is 1. The van der Waals surface area contributed by atoms with E-state index in [9.17, 15) is 0 Å². The van der Waals surface area contributed by atoms with Crippen molar-refractivity contribution in [3.05, 3.63) is 35.9 Å². The lowest BCUT2D eigenvalue weighted by atomic mass is 10.2. The van der Waals surface area contributed by atoms with Crippen molar-refractivity contribution in [2.45, 2.75) is 33.2 Å². The molecule has 0 saturated carbocycles. The number of nitrogens with zero attached hydrogens (tertiary/aromatic N) is 1. The van der Waals surface area contributed by atoms with Gasteiger partial charge >= 0.3 is 0 Å². The molecule has 0 unspecified atom stereocenters. The number of aliphatic imine (C=N–C) groups is 1. The van der Waals surface area contributed by atoms with Crippen molar-refractivity contribution in [2.24, 2.45) is 4.99 Å². The Kier molecular flexibility index (Phi) is 5.52. The van der Waals surface area contributed by atoms with Crippen LogP contribution in [0, 0.1) is 0 Å². The monoisotopic (exact) mass is 204 g/mol. The first-order chi connectivity index (χ1) is 7.33. The van der Waals surface area contributed by atoms with Gasteiger partial charge in [0.25, 0.3) is 0 Å². The summed E-state index contributed by atoms with van der Waals surface area (Å²) in [6.45, 7) is 6.02. The minimum absolute atomic E-state index is 0.770. The van der Waals surface area contributed by atoms with Crippen LogP contribution in [0.3, 0.4) is 0 Å². The minimum atomic E-state index is 0.770. The fraction of sp³-hybridized carbons (Fsp3) is 0.462. The van der Waals surface area contributed by atoms with E-state index in [2.05, 4.69) is 29.4 Å². The highest BCUT2D eigenvalue weighted by molar-refractivity contribution is 5.79. The second kappa shape index (κ2) is 7.04. The first kappa shape index (κ1) is 11.8. The summed E-state index contributed by atoms with van der Waals surface area (Å²) in [6, 6.07) is 10.3. The molecule has 0 aromatic heterocycles. The average Bonchev–Trinajstić information content (AvgIpc) is 2.28. The van der Waals surface area contributed by atoms with Crippen molar-refractivity contribution in [3.63, 3.8) is 0 Å². The van der Waals surface area contributed by atoms with Gasteiger partial charge in [-0.1, -0.05) is 43.7 Å². The smallest absolute Gasteiger partial charge is 0.0935 e. The third-order valence-corrected chi connectivity index (χ3v) is 2.25. The maximum absolute atomic E-state index is 4.47. The lowest BCUT2D eigenvalue weighted by Gasteiger charge is -2.04. The zero-order valence-corrected chi connectivity index (χ0v) is 9.66. The summed E-state index contributed by atoms with van der Waals surface area (Å²) >= 11 is 0. The highest BCUT2D eigenvalue weighted by atomic mass is 15.0. The van der Waals surface area contributed by atoms with Crippen LogP contribution in [0.5, 0.6) is 0 Å². The molecule has 0 atom stereocenters. The maximum atomic E-state index is 4.47. The van der Waals surface area contributed by atoms with Gasteiger partial charge in [-0.15, -0.1) is 0 Å². The van der Waals surface area contributed by atoms with Gasteiger partial charge in [-0.05, 0) is 18.9 Å². The molecule has 0 bridgehead atoms. The van der Waals surface area contributed by atoms with Crippen LogP contribution < -0.4 is 5.32 Å². The van der Waals surface area contributed by atoms with E-state index in [1.807, 2.05) is 25.1 Å². The Bertz CT molecular complexity index is 291. The van der Waals surface area contributed by atoms with Gasteiger partial charge in [0, 0.05) is 6.54 Å². The zero-order valence-electron chi connectivity index (χ0n) is 9.66. The van der Waals surface area contributed by atoms with Crippen molar-refractivity contribution < 1.29 is 0 Å². The molecule has 0 aliphatic heterocycles. The van der Waals surface area contributed by atoms with E-state index in [0.29, 0.717) is 0 Å². The van der Waals surface area contributed by atoms with Gasteiger partial charge in [0.2, 0.25) is 0 Å². The van der Waals surface area contributed by atoms with Crippen LogP contribution in [0.2, 0.25) is 0 Å². The molecule has 2 nitrogen and oxygen atoms in total. The van der Waals surface area contributed by atoms with Crippen molar-refractivity contribution in [1.29, 1.82) is 0 Å². The summed E-state index contributed by atoms with van der Waals surface area (Å²) in [6.07, 6.45) is 2.43. The number of rotatable bonds is 5. The quantitative estimate of drug-likeness (QED) is 0.445. The largest absolute Gasteiger partial charge is 0.374 e. The predicted molar refractivity (Wildman–Crippen MR) is 66.2 cm³/mol. The summed E-state index contributed by atoms with van der Waals surface area (Å²) < 4.78 is 0. The van der Waals surface area contributed by atoms with Crippen LogP contribution in [0.4, 0.5) is 0 Å². The van der Waals surface area contributed by atoms with Crippen molar-refractivity contribution >= 4 is 5.84 Å². The molecule has 82 valence electrons. The first-order valence-corrected chi connectivity index (χ1v) is 5.61. The Hall–Kier alpha value is -1.31. The molecule has 0 radical (unpaired) electrons. The number of nitrogens with one attached hydrogen (secondary N) is 1. The maximum Gasteiger partial charge on any atom is 0.0935 e. The summed E-state index contributed by atoms with van der Waals surface area (Å²) in [5.74, 6) is 1.03. The van der Waals surface area contributed by atoms with E-state index in [4.69, 9.17) is 0 Å². The van der Waals surface area contributed by atoms with Crippen molar-refractivity contribution in [3.8, 4) is 0 Å². The zero-order chi connectivity index (χ0) is 10.9. The van der Waals surface area contributed by atoms with Gasteiger partial charge in [-0.2, -0.15) is 0 Å². The second-order valence-electron chi connectivity index (χ2n) is 3.67. The van der Waals surface area contributed by atoms with Crippen LogP contribution in [-0.2, 0) is 6.54 Å². The summed E-state index contributed by atoms with van der Waals surface area (Å²) in [5, 5.41) is 3.30.